The van der Waals surface area contributed by atoms with Gasteiger partial charge in [-0.25, -0.2) is 4.98 Å². The molecule has 5 nitrogen and oxygen atoms in total. The van der Waals surface area contributed by atoms with Gasteiger partial charge in [-0.2, -0.15) is 4.98 Å². The van der Waals surface area contributed by atoms with Gasteiger partial charge in [0.1, 0.15) is 5.82 Å². The van der Waals surface area contributed by atoms with Gasteiger partial charge in [0, 0.05) is 32.7 Å². The first-order valence-corrected chi connectivity index (χ1v) is 9.71. The average Bonchev–Trinajstić information content (AvgIpc) is 2.61. The van der Waals surface area contributed by atoms with E-state index in [9.17, 15) is 0 Å². The normalized spacial score (nSPS) is 22.5. The minimum absolute atomic E-state index is 0.0314. The summed E-state index contributed by atoms with van der Waals surface area (Å²) in [7, 11) is 4.06. The Morgan fingerprint density at radius 2 is 1.84 bits per heavy atom. The molecular formula is C20H30N4O. The number of anilines is 2. The monoisotopic (exact) mass is 342 g/mol. The molecule has 136 valence electrons. The van der Waals surface area contributed by atoms with Crippen molar-refractivity contribution in [2.24, 2.45) is 0 Å². The summed E-state index contributed by atoms with van der Waals surface area (Å²) in [4.78, 5) is 14.3. The second-order valence-corrected chi connectivity index (χ2v) is 8.01. The summed E-state index contributed by atoms with van der Waals surface area (Å²) in [5.41, 5.74) is 4.11. The minimum atomic E-state index is -0.0314. The first-order valence-electron chi connectivity index (χ1n) is 9.71. The molecule has 5 heteroatoms. The van der Waals surface area contributed by atoms with Crippen LogP contribution in [0.25, 0.3) is 0 Å². The molecule has 0 amide bonds. The zero-order valence-electron chi connectivity index (χ0n) is 15.8. The Balaban J connectivity index is 1.60. The highest BCUT2D eigenvalue weighted by Crippen LogP contribution is 2.37. The lowest BCUT2D eigenvalue weighted by Gasteiger charge is -2.43. The van der Waals surface area contributed by atoms with Gasteiger partial charge in [0.05, 0.1) is 17.9 Å². The van der Waals surface area contributed by atoms with Gasteiger partial charge in [-0.15, -0.1) is 0 Å². The summed E-state index contributed by atoms with van der Waals surface area (Å²) in [5, 5.41) is 0. The maximum atomic E-state index is 6.19. The van der Waals surface area contributed by atoms with Gasteiger partial charge >= 0.3 is 0 Å². The van der Waals surface area contributed by atoms with Gasteiger partial charge in [-0.3, -0.25) is 0 Å². The highest BCUT2D eigenvalue weighted by atomic mass is 16.5. The first-order chi connectivity index (χ1) is 12.1. The molecule has 0 N–H and O–H groups in total. The lowest BCUT2D eigenvalue weighted by atomic mass is 9.86. The fraction of sp³-hybridized carbons (Fsp3) is 0.700. The third kappa shape index (κ3) is 3.26. The third-order valence-corrected chi connectivity index (χ3v) is 5.85. The van der Waals surface area contributed by atoms with Gasteiger partial charge in [0.2, 0.25) is 5.95 Å². The van der Waals surface area contributed by atoms with Crippen LogP contribution in [0.4, 0.5) is 11.8 Å². The van der Waals surface area contributed by atoms with Gasteiger partial charge in [-0.05, 0) is 51.9 Å². The molecule has 1 fully saturated rings. The predicted octanol–water partition coefficient (Wildman–Crippen LogP) is 3.13. The summed E-state index contributed by atoms with van der Waals surface area (Å²) < 4.78 is 6.19. The summed E-state index contributed by atoms with van der Waals surface area (Å²) in [5.74, 6) is 2.03. The van der Waals surface area contributed by atoms with Crippen molar-refractivity contribution < 1.29 is 4.74 Å². The Kier molecular flexibility index (Phi) is 4.44. The van der Waals surface area contributed by atoms with Crippen molar-refractivity contribution >= 4 is 11.8 Å². The Labute approximate surface area is 151 Å². The molecular weight excluding hydrogens is 312 g/mol. The van der Waals surface area contributed by atoms with Crippen LogP contribution >= 0.6 is 0 Å². The largest absolute Gasteiger partial charge is 0.370 e. The van der Waals surface area contributed by atoms with E-state index in [1.807, 2.05) is 19.0 Å². The smallest absolute Gasteiger partial charge is 0.227 e. The van der Waals surface area contributed by atoms with Gasteiger partial charge in [0.15, 0.2) is 0 Å². The summed E-state index contributed by atoms with van der Waals surface area (Å²) in [6.07, 6.45) is 10.3. The van der Waals surface area contributed by atoms with E-state index in [0.717, 1.165) is 57.7 Å². The van der Waals surface area contributed by atoms with E-state index in [2.05, 4.69) is 17.9 Å². The number of aryl methyl sites for hydroxylation is 1. The zero-order chi connectivity index (χ0) is 17.4. The molecule has 1 aromatic rings. The Bertz CT molecular complexity index is 675. The number of hydrogen-bond acceptors (Lipinski definition) is 5. The van der Waals surface area contributed by atoms with Crippen molar-refractivity contribution in [2.45, 2.75) is 57.5 Å². The van der Waals surface area contributed by atoms with Gasteiger partial charge < -0.3 is 14.5 Å². The maximum Gasteiger partial charge on any atom is 0.227 e. The zero-order valence-corrected chi connectivity index (χ0v) is 15.8. The number of piperidine rings is 1. The molecule has 3 heterocycles. The van der Waals surface area contributed by atoms with Crippen molar-refractivity contribution in [2.75, 3.05) is 43.6 Å². The first kappa shape index (κ1) is 16.8. The number of hydrogen-bond donors (Lipinski definition) is 0. The molecule has 0 aromatic carbocycles. The van der Waals surface area contributed by atoms with E-state index in [1.54, 1.807) is 0 Å². The number of ether oxygens (including phenoxy) is 1. The average molecular weight is 342 g/mol. The topological polar surface area (TPSA) is 41.5 Å². The highest BCUT2D eigenvalue weighted by Gasteiger charge is 2.36. The minimum Gasteiger partial charge on any atom is -0.370 e. The third-order valence-electron chi connectivity index (χ3n) is 5.85. The van der Waals surface area contributed by atoms with Crippen LogP contribution in [-0.4, -0.2) is 49.4 Å². The van der Waals surface area contributed by atoms with Crippen LogP contribution in [0.1, 0.15) is 50.3 Å². The van der Waals surface area contributed by atoms with Crippen molar-refractivity contribution in [1.82, 2.24) is 9.97 Å². The molecule has 1 saturated heterocycles. The molecule has 0 radical (unpaired) electrons. The molecule has 0 unspecified atom stereocenters. The lowest BCUT2D eigenvalue weighted by molar-refractivity contribution is -0.0326. The molecule has 0 atom stereocenters. The summed E-state index contributed by atoms with van der Waals surface area (Å²) >= 11 is 0. The van der Waals surface area contributed by atoms with E-state index in [4.69, 9.17) is 14.7 Å². The lowest BCUT2D eigenvalue weighted by Crippen LogP contribution is -2.47. The fourth-order valence-corrected chi connectivity index (χ4v) is 4.39. The SMILES string of the molecule is CC1=CC2(CCN(c3nc(N(C)C)nc4c3CCCC4)CC2)OCC1. The van der Waals surface area contributed by atoms with Crippen LogP contribution in [0.3, 0.4) is 0 Å². The summed E-state index contributed by atoms with van der Waals surface area (Å²) in [6, 6.07) is 0. The van der Waals surface area contributed by atoms with Crippen LogP contribution < -0.4 is 9.80 Å². The second kappa shape index (κ2) is 6.60. The Hall–Kier alpha value is -1.62. The molecule has 3 aliphatic rings. The Morgan fingerprint density at radius 3 is 2.56 bits per heavy atom. The standard InChI is InChI=1S/C20H30N4O/c1-15-8-13-25-20(14-15)9-11-24(12-10-20)18-16-6-4-5-7-17(16)21-19(22-18)23(2)3/h14H,4-13H2,1-3H3. The van der Waals surface area contributed by atoms with Gasteiger partial charge in [0.25, 0.3) is 0 Å². The van der Waals surface area contributed by atoms with E-state index in [1.165, 1.54) is 35.5 Å². The van der Waals surface area contributed by atoms with E-state index < -0.39 is 0 Å². The molecule has 0 bridgehead atoms. The molecule has 25 heavy (non-hydrogen) atoms. The van der Waals surface area contributed by atoms with E-state index >= 15 is 0 Å². The van der Waals surface area contributed by atoms with Crippen LogP contribution in [-0.2, 0) is 17.6 Å². The molecule has 1 aromatic heterocycles. The van der Waals surface area contributed by atoms with E-state index in [-0.39, 0.29) is 5.60 Å². The van der Waals surface area contributed by atoms with Crippen molar-refractivity contribution in [3.05, 3.63) is 22.9 Å². The van der Waals surface area contributed by atoms with Crippen LogP contribution in [0.2, 0.25) is 0 Å². The molecule has 1 spiro atoms. The van der Waals surface area contributed by atoms with Crippen molar-refractivity contribution in [1.29, 1.82) is 0 Å². The van der Waals surface area contributed by atoms with Crippen LogP contribution in [0.5, 0.6) is 0 Å². The molecule has 2 aliphatic heterocycles. The number of aromatic nitrogens is 2. The van der Waals surface area contributed by atoms with Crippen LogP contribution in [0.15, 0.2) is 11.6 Å². The predicted molar refractivity (Wildman–Crippen MR) is 102 cm³/mol. The number of rotatable bonds is 2. The highest BCUT2D eigenvalue weighted by molar-refractivity contribution is 5.54. The van der Waals surface area contributed by atoms with Crippen LogP contribution in [0, 0.1) is 0 Å². The number of fused-ring (bicyclic) bond motifs is 1. The maximum absolute atomic E-state index is 6.19. The summed E-state index contributed by atoms with van der Waals surface area (Å²) in [6.45, 7) is 5.14. The molecule has 0 saturated carbocycles. The Morgan fingerprint density at radius 1 is 1.08 bits per heavy atom. The quantitative estimate of drug-likeness (QED) is 0.773. The second-order valence-electron chi connectivity index (χ2n) is 8.01. The van der Waals surface area contributed by atoms with Gasteiger partial charge in [-0.1, -0.05) is 11.6 Å². The number of nitrogens with zero attached hydrogens (tertiary/aromatic N) is 4. The van der Waals surface area contributed by atoms with E-state index in [0.29, 0.717) is 0 Å². The molecule has 1 aliphatic carbocycles. The fourth-order valence-electron chi connectivity index (χ4n) is 4.39. The molecule has 4 rings (SSSR count). The van der Waals surface area contributed by atoms with Crippen molar-refractivity contribution in [3.63, 3.8) is 0 Å². The van der Waals surface area contributed by atoms with Crippen molar-refractivity contribution in [3.8, 4) is 0 Å².